The average Bonchev–Trinajstić information content (AvgIpc) is 2.45. The van der Waals surface area contributed by atoms with E-state index in [9.17, 15) is 0 Å². The van der Waals surface area contributed by atoms with Crippen molar-refractivity contribution >= 4 is 11.9 Å². The number of benzene rings is 1. The standard InChI is InChI=1S/C16H14N2/c1-17-16-12-11-15(13-18-16)10-6-5-9-14-7-3-2-4-8-14/h2-5,7-9,11-13H,1H3,(H,17,18). The lowest BCUT2D eigenvalue weighted by molar-refractivity contribution is 1.28. The van der Waals surface area contributed by atoms with Gasteiger partial charge in [0, 0.05) is 18.8 Å². The predicted molar refractivity (Wildman–Crippen MR) is 76.1 cm³/mol. The second-order valence-electron chi connectivity index (χ2n) is 3.70. The van der Waals surface area contributed by atoms with Crippen LogP contribution in [0, 0.1) is 11.8 Å². The fourth-order valence-corrected chi connectivity index (χ4v) is 1.44. The van der Waals surface area contributed by atoms with Gasteiger partial charge in [-0.25, -0.2) is 4.98 Å². The number of anilines is 1. The van der Waals surface area contributed by atoms with Gasteiger partial charge in [0.15, 0.2) is 0 Å². The molecule has 0 amide bonds. The SMILES string of the molecule is CNc1ccc(C#CC=Cc2ccccc2)cn1. The van der Waals surface area contributed by atoms with Gasteiger partial charge < -0.3 is 5.32 Å². The van der Waals surface area contributed by atoms with Crippen LogP contribution in [0.2, 0.25) is 0 Å². The second-order valence-corrected chi connectivity index (χ2v) is 3.70. The lowest BCUT2D eigenvalue weighted by atomic mass is 10.2. The first-order valence-electron chi connectivity index (χ1n) is 5.75. The van der Waals surface area contributed by atoms with E-state index in [1.54, 1.807) is 6.20 Å². The molecule has 0 aliphatic carbocycles. The molecule has 0 saturated carbocycles. The molecule has 2 aromatic rings. The van der Waals surface area contributed by atoms with Gasteiger partial charge >= 0.3 is 0 Å². The third kappa shape index (κ3) is 3.50. The summed E-state index contributed by atoms with van der Waals surface area (Å²) >= 11 is 0. The van der Waals surface area contributed by atoms with E-state index in [0.717, 1.165) is 16.9 Å². The number of hydrogen-bond acceptors (Lipinski definition) is 2. The molecule has 1 heterocycles. The van der Waals surface area contributed by atoms with E-state index in [2.05, 4.69) is 22.1 Å². The second kappa shape index (κ2) is 6.27. The van der Waals surface area contributed by atoms with E-state index in [-0.39, 0.29) is 0 Å². The van der Waals surface area contributed by atoms with E-state index in [1.165, 1.54) is 0 Å². The Bertz CT molecular complexity index is 572. The highest BCUT2D eigenvalue weighted by molar-refractivity contribution is 5.53. The quantitative estimate of drug-likeness (QED) is 0.807. The Morgan fingerprint density at radius 1 is 1.11 bits per heavy atom. The summed E-state index contributed by atoms with van der Waals surface area (Å²) in [7, 11) is 1.84. The Morgan fingerprint density at radius 3 is 2.61 bits per heavy atom. The number of pyridine rings is 1. The fourth-order valence-electron chi connectivity index (χ4n) is 1.44. The van der Waals surface area contributed by atoms with Gasteiger partial charge in [0.1, 0.15) is 5.82 Å². The van der Waals surface area contributed by atoms with Gasteiger partial charge in [0.05, 0.1) is 0 Å². The van der Waals surface area contributed by atoms with E-state index in [0.29, 0.717) is 0 Å². The molecule has 0 fully saturated rings. The Morgan fingerprint density at radius 2 is 1.94 bits per heavy atom. The molecule has 2 nitrogen and oxygen atoms in total. The number of hydrogen-bond donors (Lipinski definition) is 1. The third-order valence-corrected chi connectivity index (χ3v) is 2.39. The van der Waals surface area contributed by atoms with Gasteiger partial charge in [-0.1, -0.05) is 42.2 Å². The molecule has 0 unspecified atom stereocenters. The first-order chi connectivity index (χ1) is 8.88. The van der Waals surface area contributed by atoms with Crippen molar-refractivity contribution in [2.75, 3.05) is 12.4 Å². The third-order valence-electron chi connectivity index (χ3n) is 2.39. The van der Waals surface area contributed by atoms with Crippen molar-refractivity contribution < 1.29 is 0 Å². The lowest BCUT2D eigenvalue weighted by Gasteiger charge is -1.96. The minimum Gasteiger partial charge on any atom is -0.373 e. The van der Waals surface area contributed by atoms with Crippen LogP contribution in [0.3, 0.4) is 0 Å². The van der Waals surface area contributed by atoms with Crippen LogP contribution < -0.4 is 5.32 Å². The summed E-state index contributed by atoms with van der Waals surface area (Å²) in [6.07, 6.45) is 5.60. The smallest absolute Gasteiger partial charge is 0.125 e. The van der Waals surface area contributed by atoms with Crippen LogP contribution in [0.1, 0.15) is 11.1 Å². The van der Waals surface area contributed by atoms with Gasteiger partial charge in [0.25, 0.3) is 0 Å². The molecular weight excluding hydrogens is 220 g/mol. The van der Waals surface area contributed by atoms with Crippen molar-refractivity contribution in [1.82, 2.24) is 4.98 Å². The topological polar surface area (TPSA) is 24.9 Å². The fraction of sp³-hybridized carbons (Fsp3) is 0.0625. The molecule has 1 aromatic carbocycles. The highest BCUT2D eigenvalue weighted by atomic mass is 14.9. The van der Waals surface area contributed by atoms with Crippen LogP contribution in [0.5, 0.6) is 0 Å². The minimum atomic E-state index is 0.848. The molecule has 0 saturated heterocycles. The Kier molecular flexibility index (Phi) is 4.16. The number of aromatic nitrogens is 1. The van der Waals surface area contributed by atoms with Crippen LogP contribution in [0.4, 0.5) is 5.82 Å². The number of nitrogens with zero attached hydrogens (tertiary/aromatic N) is 1. The normalized spacial score (nSPS) is 9.83. The summed E-state index contributed by atoms with van der Waals surface area (Å²) < 4.78 is 0. The predicted octanol–water partition coefficient (Wildman–Crippen LogP) is 3.19. The van der Waals surface area contributed by atoms with Crippen molar-refractivity contribution in [2.45, 2.75) is 0 Å². The Labute approximate surface area is 107 Å². The monoisotopic (exact) mass is 234 g/mol. The molecule has 88 valence electrons. The number of rotatable bonds is 2. The average molecular weight is 234 g/mol. The van der Waals surface area contributed by atoms with Crippen molar-refractivity contribution in [3.05, 3.63) is 65.9 Å². The van der Waals surface area contributed by atoms with Crippen LogP contribution >= 0.6 is 0 Å². The molecule has 18 heavy (non-hydrogen) atoms. The zero-order valence-electron chi connectivity index (χ0n) is 10.2. The van der Waals surface area contributed by atoms with Crippen LogP contribution in [0.25, 0.3) is 6.08 Å². The molecule has 0 aliphatic heterocycles. The zero-order valence-corrected chi connectivity index (χ0v) is 10.2. The number of nitrogens with one attached hydrogen (secondary N) is 1. The zero-order chi connectivity index (χ0) is 12.6. The van der Waals surface area contributed by atoms with Crippen molar-refractivity contribution in [2.24, 2.45) is 0 Å². The van der Waals surface area contributed by atoms with E-state index in [4.69, 9.17) is 0 Å². The first-order valence-corrected chi connectivity index (χ1v) is 5.75. The number of allylic oxidation sites excluding steroid dienone is 1. The van der Waals surface area contributed by atoms with E-state index < -0.39 is 0 Å². The Hall–Kier alpha value is -2.53. The highest BCUT2D eigenvalue weighted by Gasteiger charge is 1.88. The summed E-state index contributed by atoms with van der Waals surface area (Å²) in [6, 6.07) is 14.0. The molecule has 1 aromatic heterocycles. The minimum absolute atomic E-state index is 0.848. The summed E-state index contributed by atoms with van der Waals surface area (Å²) in [5, 5.41) is 2.97. The molecule has 0 radical (unpaired) electrons. The van der Waals surface area contributed by atoms with Crippen LogP contribution in [0.15, 0.2) is 54.7 Å². The van der Waals surface area contributed by atoms with Gasteiger partial charge in [0.2, 0.25) is 0 Å². The molecule has 2 rings (SSSR count). The van der Waals surface area contributed by atoms with Gasteiger partial charge in [-0.3, -0.25) is 0 Å². The van der Waals surface area contributed by atoms with Gasteiger partial charge in [-0.2, -0.15) is 0 Å². The molecule has 2 heteroatoms. The summed E-state index contributed by atoms with van der Waals surface area (Å²) in [5.41, 5.74) is 2.06. The van der Waals surface area contributed by atoms with Crippen molar-refractivity contribution in [3.8, 4) is 11.8 Å². The highest BCUT2D eigenvalue weighted by Crippen LogP contribution is 2.03. The lowest BCUT2D eigenvalue weighted by Crippen LogP contribution is -1.90. The van der Waals surface area contributed by atoms with Crippen molar-refractivity contribution in [3.63, 3.8) is 0 Å². The molecule has 1 N–H and O–H groups in total. The maximum atomic E-state index is 4.20. The van der Waals surface area contributed by atoms with E-state index in [1.807, 2.05) is 61.7 Å². The van der Waals surface area contributed by atoms with Crippen LogP contribution in [-0.2, 0) is 0 Å². The maximum Gasteiger partial charge on any atom is 0.125 e. The molecule has 0 bridgehead atoms. The Balaban J connectivity index is 2.01. The van der Waals surface area contributed by atoms with Crippen molar-refractivity contribution in [1.29, 1.82) is 0 Å². The summed E-state index contributed by atoms with van der Waals surface area (Å²) in [5.74, 6) is 6.88. The van der Waals surface area contributed by atoms with Crippen LogP contribution in [-0.4, -0.2) is 12.0 Å². The molecule has 0 aliphatic rings. The molecule has 0 spiro atoms. The maximum absolute atomic E-state index is 4.20. The van der Waals surface area contributed by atoms with Gasteiger partial charge in [-0.05, 0) is 29.8 Å². The largest absolute Gasteiger partial charge is 0.373 e. The van der Waals surface area contributed by atoms with E-state index >= 15 is 0 Å². The summed E-state index contributed by atoms with van der Waals surface area (Å²) in [4.78, 5) is 4.20. The molecular formula is C16H14N2. The molecule has 0 atom stereocenters. The summed E-state index contributed by atoms with van der Waals surface area (Å²) in [6.45, 7) is 0. The first kappa shape index (κ1) is 11.9. The van der Waals surface area contributed by atoms with Gasteiger partial charge in [-0.15, -0.1) is 0 Å².